The highest BCUT2D eigenvalue weighted by atomic mass is 19.1. The monoisotopic (exact) mass is 190 g/mol. The van der Waals surface area contributed by atoms with Crippen molar-refractivity contribution in [3.8, 4) is 6.07 Å². The number of para-hydroxylation sites is 1. The van der Waals surface area contributed by atoms with Crippen LogP contribution >= 0.6 is 0 Å². The molecule has 0 N–H and O–H groups in total. The number of benzene rings is 1. The highest BCUT2D eigenvalue weighted by molar-refractivity contribution is 5.48. The summed E-state index contributed by atoms with van der Waals surface area (Å²) < 4.78 is 13.3. The van der Waals surface area contributed by atoms with Gasteiger partial charge in [-0.1, -0.05) is 12.1 Å². The van der Waals surface area contributed by atoms with Crippen molar-refractivity contribution in [2.45, 2.75) is 6.42 Å². The standard InChI is InChI=1S/C11H11FN2/c12-10-3-1-2-4-11(10)14-6-5-9(7-13)8-14/h1-4,9H,5-6,8H2. The van der Waals surface area contributed by atoms with E-state index in [9.17, 15) is 4.39 Å². The van der Waals surface area contributed by atoms with Crippen LogP contribution in [0, 0.1) is 23.1 Å². The third-order valence-corrected chi connectivity index (χ3v) is 2.56. The zero-order valence-corrected chi connectivity index (χ0v) is 7.78. The van der Waals surface area contributed by atoms with Gasteiger partial charge in [0, 0.05) is 13.1 Å². The van der Waals surface area contributed by atoms with E-state index in [0.29, 0.717) is 12.2 Å². The molecule has 0 aromatic heterocycles. The Morgan fingerprint density at radius 2 is 2.21 bits per heavy atom. The van der Waals surface area contributed by atoms with Gasteiger partial charge in [-0.15, -0.1) is 0 Å². The Balaban J connectivity index is 2.18. The Hall–Kier alpha value is -1.56. The molecule has 0 amide bonds. The highest BCUT2D eigenvalue weighted by Gasteiger charge is 2.23. The van der Waals surface area contributed by atoms with Crippen LogP contribution in [0.2, 0.25) is 0 Å². The summed E-state index contributed by atoms with van der Waals surface area (Å²) in [4.78, 5) is 1.93. The number of rotatable bonds is 1. The fraction of sp³-hybridized carbons (Fsp3) is 0.364. The van der Waals surface area contributed by atoms with E-state index < -0.39 is 0 Å². The van der Waals surface area contributed by atoms with Gasteiger partial charge in [-0.25, -0.2) is 4.39 Å². The van der Waals surface area contributed by atoms with E-state index in [1.807, 2.05) is 11.0 Å². The minimum atomic E-state index is -0.203. The van der Waals surface area contributed by atoms with Crippen LogP contribution < -0.4 is 4.90 Å². The predicted molar refractivity (Wildman–Crippen MR) is 52.3 cm³/mol. The molecule has 1 aromatic rings. The lowest BCUT2D eigenvalue weighted by atomic mass is 10.1. The van der Waals surface area contributed by atoms with E-state index >= 15 is 0 Å². The zero-order valence-electron chi connectivity index (χ0n) is 7.78. The summed E-state index contributed by atoms with van der Waals surface area (Å²) in [6.45, 7) is 1.43. The molecular formula is C11H11FN2. The normalized spacial score (nSPS) is 20.9. The molecule has 3 heteroatoms. The molecule has 0 radical (unpaired) electrons. The van der Waals surface area contributed by atoms with Crippen LogP contribution in [0.4, 0.5) is 10.1 Å². The van der Waals surface area contributed by atoms with Gasteiger partial charge in [0.2, 0.25) is 0 Å². The quantitative estimate of drug-likeness (QED) is 0.678. The molecule has 1 aromatic carbocycles. The second-order valence-corrected chi connectivity index (χ2v) is 3.51. The van der Waals surface area contributed by atoms with E-state index in [1.165, 1.54) is 6.07 Å². The average molecular weight is 190 g/mol. The van der Waals surface area contributed by atoms with Gasteiger partial charge in [0.15, 0.2) is 0 Å². The largest absolute Gasteiger partial charge is 0.368 e. The molecule has 0 bridgehead atoms. The van der Waals surface area contributed by atoms with Gasteiger partial charge >= 0.3 is 0 Å². The topological polar surface area (TPSA) is 27.0 Å². The molecule has 14 heavy (non-hydrogen) atoms. The van der Waals surface area contributed by atoms with E-state index in [-0.39, 0.29) is 11.7 Å². The number of nitriles is 1. The summed E-state index contributed by atoms with van der Waals surface area (Å²) in [7, 11) is 0. The molecule has 0 saturated carbocycles. The number of hydrogen-bond acceptors (Lipinski definition) is 2. The highest BCUT2D eigenvalue weighted by Crippen LogP contribution is 2.25. The summed E-state index contributed by atoms with van der Waals surface area (Å²) in [6.07, 6.45) is 0.838. The van der Waals surface area contributed by atoms with Gasteiger partial charge in [-0.05, 0) is 18.6 Å². The van der Waals surface area contributed by atoms with Crippen molar-refractivity contribution in [1.29, 1.82) is 5.26 Å². The van der Waals surface area contributed by atoms with Crippen LogP contribution in [0.5, 0.6) is 0 Å². The smallest absolute Gasteiger partial charge is 0.146 e. The summed E-state index contributed by atoms with van der Waals surface area (Å²) in [5.41, 5.74) is 0.616. The van der Waals surface area contributed by atoms with Crippen molar-refractivity contribution in [2.24, 2.45) is 5.92 Å². The predicted octanol–water partition coefficient (Wildman–Crippen LogP) is 2.18. The minimum Gasteiger partial charge on any atom is -0.368 e. The molecule has 1 heterocycles. The molecular weight excluding hydrogens is 179 g/mol. The molecule has 1 fully saturated rings. The Morgan fingerprint density at radius 3 is 2.86 bits per heavy atom. The molecule has 2 nitrogen and oxygen atoms in total. The summed E-state index contributed by atoms with van der Waals surface area (Å²) in [6, 6.07) is 8.93. The summed E-state index contributed by atoms with van der Waals surface area (Å²) in [5, 5.41) is 8.73. The molecule has 0 spiro atoms. The van der Waals surface area contributed by atoms with Crippen molar-refractivity contribution in [3.63, 3.8) is 0 Å². The Labute approximate surface area is 82.6 Å². The van der Waals surface area contributed by atoms with Crippen LogP contribution in [-0.2, 0) is 0 Å². The fourth-order valence-corrected chi connectivity index (χ4v) is 1.79. The van der Waals surface area contributed by atoms with Gasteiger partial charge < -0.3 is 4.90 Å². The van der Waals surface area contributed by atoms with Crippen LogP contribution in [0.25, 0.3) is 0 Å². The molecule has 1 saturated heterocycles. The van der Waals surface area contributed by atoms with E-state index in [1.54, 1.807) is 12.1 Å². The van der Waals surface area contributed by atoms with Gasteiger partial charge in [-0.3, -0.25) is 0 Å². The molecule has 1 unspecified atom stereocenters. The first-order chi connectivity index (χ1) is 6.81. The van der Waals surface area contributed by atoms with Gasteiger partial charge in [0.05, 0.1) is 17.7 Å². The van der Waals surface area contributed by atoms with Crippen LogP contribution in [0.3, 0.4) is 0 Å². The third kappa shape index (κ3) is 1.56. The van der Waals surface area contributed by atoms with E-state index in [4.69, 9.17) is 5.26 Å². The maximum absolute atomic E-state index is 13.3. The lowest BCUT2D eigenvalue weighted by molar-refractivity contribution is 0.622. The summed E-state index contributed by atoms with van der Waals surface area (Å²) in [5.74, 6) is -0.152. The number of halogens is 1. The lowest BCUT2D eigenvalue weighted by Crippen LogP contribution is -2.20. The van der Waals surface area contributed by atoms with Gasteiger partial charge in [-0.2, -0.15) is 5.26 Å². The molecule has 72 valence electrons. The molecule has 1 atom stereocenters. The van der Waals surface area contributed by atoms with Crippen molar-refractivity contribution in [3.05, 3.63) is 30.1 Å². The summed E-state index contributed by atoms with van der Waals surface area (Å²) >= 11 is 0. The SMILES string of the molecule is N#CC1CCN(c2ccccc2F)C1. The first-order valence-corrected chi connectivity index (χ1v) is 4.70. The Morgan fingerprint density at radius 1 is 1.43 bits per heavy atom. The maximum atomic E-state index is 13.3. The Bertz CT molecular complexity index is 370. The maximum Gasteiger partial charge on any atom is 0.146 e. The second kappa shape index (κ2) is 3.67. The number of hydrogen-bond donors (Lipinski definition) is 0. The molecule has 0 aliphatic carbocycles. The molecule has 1 aliphatic rings. The Kier molecular flexibility index (Phi) is 2.36. The average Bonchev–Trinajstić information content (AvgIpc) is 2.67. The van der Waals surface area contributed by atoms with Crippen molar-refractivity contribution >= 4 is 5.69 Å². The third-order valence-electron chi connectivity index (χ3n) is 2.56. The zero-order chi connectivity index (χ0) is 9.97. The first kappa shape index (κ1) is 9.01. The van der Waals surface area contributed by atoms with E-state index in [0.717, 1.165) is 13.0 Å². The van der Waals surface area contributed by atoms with Crippen LogP contribution in [0.15, 0.2) is 24.3 Å². The second-order valence-electron chi connectivity index (χ2n) is 3.51. The number of anilines is 1. The van der Waals surface area contributed by atoms with Gasteiger partial charge in [0.25, 0.3) is 0 Å². The van der Waals surface area contributed by atoms with Crippen molar-refractivity contribution < 1.29 is 4.39 Å². The van der Waals surface area contributed by atoms with Crippen molar-refractivity contribution in [1.82, 2.24) is 0 Å². The van der Waals surface area contributed by atoms with Crippen LogP contribution in [-0.4, -0.2) is 13.1 Å². The van der Waals surface area contributed by atoms with Gasteiger partial charge in [0.1, 0.15) is 5.82 Å². The fourth-order valence-electron chi connectivity index (χ4n) is 1.79. The lowest BCUT2D eigenvalue weighted by Gasteiger charge is -2.17. The first-order valence-electron chi connectivity index (χ1n) is 4.70. The number of nitrogens with zero attached hydrogens (tertiary/aromatic N) is 2. The van der Waals surface area contributed by atoms with Crippen molar-refractivity contribution in [2.75, 3.05) is 18.0 Å². The van der Waals surface area contributed by atoms with E-state index in [2.05, 4.69) is 6.07 Å². The molecule has 1 aliphatic heterocycles. The van der Waals surface area contributed by atoms with Crippen LogP contribution in [0.1, 0.15) is 6.42 Å². The minimum absolute atomic E-state index is 0.0506. The molecule has 2 rings (SSSR count).